The van der Waals surface area contributed by atoms with Crippen LogP contribution in [0.4, 0.5) is 5.95 Å². The molecule has 5 nitrogen and oxygen atoms in total. The van der Waals surface area contributed by atoms with Crippen LogP contribution in [0.25, 0.3) is 0 Å². The molecule has 0 aliphatic rings. The average molecular weight is 381 g/mol. The zero-order valence-corrected chi connectivity index (χ0v) is 16.0. The molecular weight excluding hydrogens is 360 g/mol. The van der Waals surface area contributed by atoms with E-state index < -0.39 is 0 Å². The van der Waals surface area contributed by atoms with Crippen LogP contribution in [0.5, 0.6) is 0 Å². The molecule has 0 atom stereocenters. The molecule has 0 fully saturated rings. The number of halogens is 1. The lowest BCUT2D eigenvalue weighted by molar-refractivity contribution is 0.0945. The van der Waals surface area contributed by atoms with Gasteiger partial charge in [0.05, 0.1) is 0 Å². The summed E-state index contributed by atoms with van der Waals surface area (Å²) in [7, 11) is 0. The number of carbonyl (C=O) groups is 1. The number of hydrogen-bond donors (Lipinski definition) is 2. The van der Waals surface area contributed by atoms with Crippen LogP contribution in [0.15, 0.2) is 54.6 Å². The van der Waals surface area contributed by atoms with Crippen LogP contribution in [-0.4, -0.2) is 15.9 Å². The van der Waals surface area contributed by atoms with Crippen LogP contribution in [0.3, 0.4) is 0 Å². The Kier molecular flexibility index (Phi) is 6.04. The fraction of sp³-hybridized carbons (Fsp3) is 0.190. The molecule has 1 heterocycles. The van der Waals surface area contributed by atoms with Gasteiger partial charge in [0.2, 0.25) is 5.95 Å². The van der Waals surface area contributed by atoms with Crippen molar-refractivity contribution in [3.8, 4) is 0 Å². The summed E-state index contributed by atoms with van der Waals surface area (Å²) in [6.07, 6.45) is 0. The predicted octanol–water partition coefficient (Wildman–Crippen LogP) is 4.29. The Bertz CT molecular complexity index is 941. The molecule has 0 radical (unpaired) electrons. The normalized spacial score (nSPS) is 10.5. The second-order valence-corrected chi connectivity index (χ2v) is 6.74. The second-order valence-electron chi connectivity index (χ2n) is 6.31. The Morgan fingerprint density at radius 3 is 2.48 bits per heavy atom. The van der Waals surface area contributed by atoms with E-state index >= 15 is 0 Å². The molecule has 1 amide bonds. The number of nitrogens with one attached hydrogen (secondary N) is 2. The number of amides is 1. The minimum atomic E-state index is -0.241. The first-order chi connectivity index (χ1) is 13.0. The van der Waals surface area contributed by atoms with Gasteiger partial charge in [-0.3, -0.25) is 4.79 Å². The minimum absolute atomic E-state index is 0.241. The quantitative estimate of drug-likeness (QED) is 0.669. The summed E-state index contributed by atoms with van der Waals surface area (Å²) in [5.41, 5.74) is 4.39. The molecule has 0 saturated heterocycles. The Labute approximate surface area is 163 Å². The van der Waals surface area contributed by atoms with Crippen molar-refractivity contribution in [2.75, 3.05) is 5.32 Å². The molecule has 0 spiro atoms. The van der Waals surface area contributed by atoms with Crippen molar-refractivity contribution in [3.63, 3.8) is 0 Å². The SMILES string of the molecule is Cc1cc(C(=O)NCc2ccc(Cl)cc2)nc(NCc2ccccc2C)n1. The smallest absolute Gasteiger partial charge is 0.270 e. The molecule has 0 saturated carbocycles. The third-order valence-corrected chi connectivity index (χ3v) is 4.40. The summed E-state index contributed by atoms with van der Waals surface area (Å²) in [5.74, 6) is 0.198. The second kappa shape index (κ2) is 8.64. The Morgan fingerprint density at radius 1 is 1.00 bits per heavy atom. The van der Waals surface area contributed by atoms with E-state index in [0.29, 0.717) is 29.8 Å². The molecule has 3 aromatic rings. The predicted molar refractivity (Wildman–Crippen MR) is 108 cm³/mol. The minimum Gasteiger partial charge on any atom is -0.350 e. The summed E-state index contributed by atoms with van der Waals surface area (Å²) < 4.78 is 0. The molecule has 6 heteroatoms. The first kappa shape index (κ1) is 18.9. The summed E-state index contributed by atoms with van der Waals surface area (Å²) in [6, 6.07) is 17.1. The monoisotopic (exact) mass is 380 g/mol. The van der Waals surface area contributed by atoms with Crippen molar-refractivity contribution in [1.29, 1.82) is 0 Å². The van der Waals surface area contributed by atoms with Crippen LogP contribution in [0, 0.1) is 13.8 Å². The molecule has 1 aromatic heterocycles. The van der Waals surface area contributed by atoms with Crippen LogP contribution >= 0.6 is 11.6 Å². The van der Waals surface area contributed by atoms with E-state index in [9.17, 15) is 4.79 Å². The lowest BCUT2D eigenvalue weighted by atomic mass is 10.1. The van der Waals surface area contributed by atoms with Crippen LogP contribution in [-0.2, 0) is 13.1 Å². The molecule has 2 aromatic carbocycles. The lowest BCUT2D eigenvalue weighted by Crippen LogP contribution is -2.24. The number of anilines is 1. The highest BCUT2D eigenvalue weighted by molar-refractivity contribution is 6.30. The number of rotatable bonds is 6. The summed E-state index contributed by atoms with van der Waals surface area (Å²) >= 11 is 5.88. The van der Waals surface area contributed by atoms with E-state index in [0.717, 1.165) is 16.8 Å². The lowest BCUT2D eigenvalue weighted by Gasteiger charge is -2.10. The number of aryl methyl sites for hydroxylation is 2. The summed E-state index contributed by atoms with van der Waals surface area (Å²) in [5, 5.41) is 6.74. The van der Waals surface area contributed by atoms with Gasteiger partial charge in [-0.1, -0.05) is 48.0 Å². The molecule has 27 heavy (non-hydrogen) atoms. The van der Waals surface area contributed by atoms with Crippen molar-refractivity contribution >= 4 is 23.5 Å². The van der Waals surface area contributed by atoms with Gasteiger partial charge in [0.25, 0.3) is 5.91 Å². The van der Waals surface area contributed by atoms with Gasteiger partial charge in [-0.2, -0.15) is 0 Å². The highest BCUT2D eigenvalue weighted by atomic mass is 35.5. The van der Waals surface area contributed by atoms with E-state index in [1.807, 2.05) is 31.2 Å². The highest BCUT2D eigenvalue weighted by Gasteiger charge is 2.11. The van der Waals surface area contributed by atoms with E-state index in [1.54, 1.807) is 18.2 Å². The number of nitrogens with zero attached hydrogens (tertiary/aromatic N) is 2. The average Bonchev–Trinajstić information content (AvgIpc) is 2.66. The van der Waals surface area contributed by atoms with Crippen molar-refractivity contribution in [3.05, 3.63) is 87.7 Å². The molecule has 3 rings (SSSR count). The number of benzene rings is 2. The van der Waals surface area contributed by atoms with Crippen LogP contribution < -0.4 is 10.6 Å². The fourth-order valence-electron chi connectivity index (χ4n) is 2.62. The van der Waals surface area contributed by atoms with Crippen LogP contribution in [0.2, 0.25) is 5.02 Å². The van der Waals surface area contributed by atoms with Crippen molar-refractivity contribution in [1.82, 2.24) is 15.3 Å². The van der Waals surface area contributed by atoms with Gasteiger partial charge < -0.3 is 10.6 Å². The van der Waals surface area contributed by atoms with Gasteiger partial charge in [0.1, 0.15) is 5.69 Å². The first-order valence-electron chi connectivity index (χ1n) is 8.68. The van der Waals surface area contributed by atoms with Gasteiger partial charge in [-0.05, 0) is 48.7 Å². The highest BCUT2D eigenvalue weighted by Crippen LogP contribution is 2.12. The van der Waals surface area contributed by atoms with E-state index in [-0.39, 0.29) is 5.91 Å². The zero-order valence-electron chi connectivity index (χ0n) is 15.3. The van der Waals surface area contributed by atoms with Crippen molar-refractivity contribution in [2.45, 2.75) is 26.9 Å². The van der Waals surface area contributed by atoms with Gasteiger partial charge in [-0.25, -0.2) is 9.97 Å². The third-order valence-electron chi connectivity index (χ3n) is 4.15. The van der Waals surface area contributed by atoms with Crippen molar-refractivity contribution in [2.24, 2.45) is 0 Å². The largest absolute Gasteiger partial charge is 0.350 e. The molecule has 138 valence electrons. The molecule has 0 aliphatic heterocycles. The number of hydrogen-bond acceptors (Lipinski definition) is 4. The molecule has 0 aliphatic carbocycles. The van der Waals surface area contributed by atoms with Gasteiger partial charge in [0.15, 0.2) is 0 Å². The van der Waals surface area contributed by atoms with E-state index in [2.05, 4.69) is 39.7 Å². The molecular formula is C21H21ClN4O. The maximum atomic E-state index is 12.5. The van der Waals surface area contributed by atoms with Gasteiger partial charge in [-0.15, -0.1) is 0 Å². The zero-order chi connectivity index (χ0) is 19.2. The standard InChI is InChI=1S/C21H21ClN4O/c1-14-5-3-4-6-17(14)13-24-21-25-15(2)11-19(26-21)20(27)23-12-16-7-9-18(22)10-8-16/h3-11H,12-13H2,1-2H3,(H,23,27)(H,24,25,26). The Balaban J connectivity index is 1.66. The third kappa shape index (κ3) is 5.28. The van der Waals surface area contributed by atoms with Crippen molar-refractivity contribution < 1.29 is 4.79 Å². The Hall–Kier alpha value is -2.92. The maximum absolute atomic E-state index is 12.5. The van der Waals surface area contributed by atoms with Crippen LogP contribution in [0.1, 0.15) is 32.9 Å². The molecule has 0 bridgehead atoms. The number of aromatic nitrogens is 2. The van der Waals surface area contributed by atoms with E-state index in [4.69, 9.17) is 11.6 Å². The summed E-state index contributed by atoms with van der Waals surface area (Å²) in [6.45, 7) is 4.91. The molecule has 0 unspecified atom stereocenters. The fourth-order valence-corrected chi connectivity index (χ4v) is 2.75. The topological polar surface area (TPSA) is 66.9 Å². The van der Waals surface area contributed by atoms with E-state index in [1.165, 1.54) is 5.56 Å². The van der Waals surface area contributed by atoms with Gasteiger partial charge >= 0.3 is 0 Å². The molecule has 2 N–H and O–H groups in total. The first-order valence-corrected chi connectivity index (χ1v) is 9.06. The Morgan fingerprint density at radius 2 is 1.74 bits per heavy atom. The summed E-state index contributed by atoms with van der Waals surface area (Å²) in [4.78, 5) is 21.2. The van der Waals surface area contributed by atoms with Gasteiger partial charge in [0, 0.05) is 23.8 Å². The maximum Gasteiger partial charge on any atom is 0.270 e. The number of carbonyl (C=O) groups excluding carboxylic acids is 1.